The first kappa shape index (κ1) is 17.1. The number of hydrogen-bond acceptors (Lipinski definition) is 5. The zero-order valence-corrected chi connectivity index (χ0v) is 14.0. The average molecular weight is 308 g/mol. The van der Waals surface area contributed by atoms with E-state index in [1.807, 2.05) is 32.0 Å². The highest BCUT2D eigenvalue weighted by Crippen LogP contribution is 2.33. The van der Waals surface area contributed by atoms with Crippen molar-refractivity contribution in [1.29, 1.82) is 0 Å². The third-order valence-corrected chi connectivity index (χ3v) is 4.06. The van der Waals surface area contributed by atoms with E-state index in [4.69, 9.17) is 9.47 Å². The molecule has 1 saturated heterocycles. The van der Waals surface area contributed by atoms with Crippen LogP contribution in [0.5, 0.6) is 11.5 Å². The molecule has 0 aliphatic carbocycles. The molecule has 22 heavy (non-hydrogen) atoms. The Morgan fingerprint density at radius 1 is 1.36 bits per heavy atom. The second-order valence-electron chi connectivity index (χ2n) is 6.07. The van der Waals surface area contributed by atoms with Gasteiger partial charge in [-0.25, -0.2) is 0 Å². The molecule has 5 nitrogen and oxygen atoms in total. The van der Waals surface area contributed by atoms with Crippen molar-refractivity contribution in [3.8, 4) is 11.5 Å². The van der Waals surface area contributed by atoms with Gasteiger partial charge in [0.05, 0.1) is 25.9 Å². The topological polar surface area (TPSA) is 54.0 Å². The monoisotopic (exact) mass is 308 g/mol. The van der Waals surface area contributed by atoms with E-state index in [9.17, 15) is 5.11 Å². The van der Waals surface area contributed by atoms with Crippen LogP contribution in [0.1, 0.15) is 32.4 Å². The minimum Gasteiger partial charge on any atom is -0.493 e. The first-order valence-electron chi connectivity index (χ1n) is 7.98. The van der Waals surface area contributed by atoms with Gasteiger partial charge in [-0.3, -0.25) is 4.90 Å². The third-order valence-electron chi connectivity index (χ3n) is 4.06. The number of ether oxygens (including phenoxy) is 2. The summed E-state index contributed by atoms with van der Waals surface area (Å²) in [5.74, 6) is 1.46. The molecular formula is C17H28N2O3. The quantitative estimate of drug-likeness (QED) is 0.839. The van der Waals surface area contributed by atoms with Gasteiger partial charge >= 0.3 is 0 Å². The van der Waals surface area contributed by atoms with Gasteiger partial charge < -0.3 is 19.9 Å². The van der Waals surface area contributed by atoms with Crippen molar-refractivity contribution in [3.63, 3.8) is 0 Å². The highest BCUT2D eigenvalue weighted by molar-refractivity contribution is 5.44. The van der Waals surface area contributed by atoms with Crippen LogP contribution < -0.4 is 14.8 Å². The molecule has 1 aromatic rings. The number of nitrogens with zero attached hydrogens (tertiary/aromatic N) is 1. The van der Waals surface area contributed by atoms with Crippen LogP contribution in [-0.4, -0.2) is 55.5 Å². The summed E-state index contributed by atoms with van der Waals surface area (Å²) in [5.41, 5.74) is 1.06. The summed E-state index contributed by atoms with van der Waals surface area (Å²) < 4.78 is 11.2. The van der Waals surface area contributed by atoms with E-state index < -0.39 is 0 Å². The van der Waals surface area contributed by atoms with Crippen LogP contribution in [0, 0.1) is 0 Å². The Balaban J connectivity index is 2.28. The second kappa shape index (κ2) is 7.81. The van der Waals surface area contributed by atoms with E-state index in [0.717, 1.165) is 36.7 Å². The van der Waals surface area contributed by atoms with E-state index in [2.05, 4.69) is 17.1 Å². The fourth-order valence-electron chi connectivity index (χ4n) is 2.97. The van der Waals surface area contributed by atoms with Crippen LogP contribution in [-0.2, 0) is 0 Å². The summed E-state index contributed by atoms with van der Waals surface area (Å²) in [4.78, 5) is 2.34. The number of hydrogen-bond donors (Lipinski definition) is 2. The molecule has 1 aliphatic rings. The molecule has 0 amide bonds. The maximum atomic E-state index is 9.91. The number of benzene rings is 1. The molecule has 1 aliphatic heterocycles. The van der Waals surface area contributed by atoms with Gasteiger partial charge in [0.1, 0.15) is 0 Å². The Morgan fingerprint density at radius 2 is 2.14 bits per heavy atom. The molecule has 2 atom stereocenters. The summed E-state index contributed by atoms with van der Waals surface area (Å²) in [7, 11) is 1.64. The Bertz CT molecular complexity index is 479. The first-order valence-corrected chi connectivity index (χ1v) is 7.98. The molecule has 2 rings (SSSR count). The summed E-state index contributed by atoms with van der Waals surface area (Å²) >= 11 is 0. The van der Waals surface area contributed by atoms with Gasteiger partial charge in [-0.2, -0.15) is 0 Å². The van der Waals surface area contributed by atoms with Crippen molar-refractivity contribution in [1.82, 2.24) is 10.2 Å². The Labute approximate surface area is 133 Å². The van der Waals surface area contributed by atoms with Crippen molar-refractivity contribution in [3.05, 3.63) is 23.8 Å². The van der Waals surface area contributed by atoms with Crippen LogP contribution >= 0.6 is 0 Å². The van der Waals surface area contributed by atoms with Crippen molar-refractivity contribution >= 4 is 0 Å². The van der Waals surface area contributed by atoms with Crippen molar-refractivity contribution < 1.29 is 14.6 Å². The lowest BCUT2D eigenvalue weighted by Crippen LogP contribution is -2.51. The minimum absolute atomic E-state index is 0.0162. The molecule has 124 valence electrons. The summed E-state index contributed by atoms with van der Waals surface area (Å²) in [6.07, 6.45) is 0.0786. The Kier molecular flexibility index (Phi) is 6.06. The fourth-order valence-corrected chi connectivity index (χ4v) is 2.97. The number of nitrogens with one attached hydrogen (secondary N) is 1. The summed E-state index contributed by atoms with van der Waals surface area (Å²) in [6, 6.07) is 6.30. The lowest BCUT2D eigenvalue weighted by atomic mass is 10.0. The lowest BCUT2D eigenvalue weighted by Gasteiger charge is -2.39. The van der Waals surface area contributed by atoms with Crippen molar-refractivity contribution in [2.45, 2.75) is 39.0 Å². The van der Waals surface area contributed by atoms with Gasteiger partial charge in [0.2, 0.25) is 0 Å². The van der Waals surface area contributed by atoms with Gasteiger partial charge in [0, 0.05) is 25.7 Å². The van der Waals surface area contributed by atoms with E-state index in [1.165, 1.54) is 0 Å². The van der Waals surface area contributed by atoms with E-state index in [0.29, 0.717) is 6.04 Å². The number of piperazine rings is 1. The molecule has 0 saturated carbocycles. The van der Waals surface area contributed by atoms with E-state index in [-0.39, 0.29) is 18.8 Å². The predicted molar refractivity (Wildman–Crippen MR) is 87.6 cm³/mol. The van der Waals surface area contributed by atoms with Crippen LogP contribution in [0.15, 0.2) is 18.2 Å². The molecule has 1 fully saturated rings. The van der Waals surface area contributed by atoms with Gasteiger partial charge in [0.25, 0.3) is 0 Å². The van der Waals surface area contributed by atoms with Gasteiger partial charge in [-0.1, -0.05) is 6.07 Å². The smallest absolute Gasteiger partial charge is 0.161 e. The van der Waals surface area contributed by atoms with Crippen LogP contribution in [0.3, 0.4) is 0 Å². The molecule has 2 N–H and O–H groups in total. The highest BCUT2D eigenvalue weighted by Gasteiger charge is 2.27. The maximum Gasteiger partial charge on any atom is 0.161 e. The lowest BCUT2D eigenvalue weighted by molar-refractivity contribution is 0.0721. The van der Waals surface area contributed by atoms with Gasteiger partial charge in [-0.05, 0) is 38.5 Å². The van der Waals surface area contributed by atoms with Gasteiger partial charge in [-0.15, -0.1) is 0 Å². The first-order chi connectivity index (χ1) is 10.6. The normalized spacial score (nSPS) is 20.9. The van der Waals surface area contributed by atoms with E-state index >= 15 is 0 Å². The molecule has 5 heteroatoms. The molecule has 0 radical (unpaired) electrons. The second-order valence-corrected chi connectivity index (χ2v) is 6.07. The zero-order valence-electron chi connectivity index (χ0n) is 14.0. The molecule has 1 aromatic carbocycles. The van der Waals surface area contributed by atoms with Crippen molar-refractivity contribution in [2.24, 2.45) is 0 Å². The maximum absolute atomic E-state index is 9.91. The molecule has 1 heterocycles. The van der Waals surface area contributed by atoms with Crippen LogP contribution in [0.2, 0.25) is 0 Å². The number of methoxy groups -OCH3 is 1. The molecule has 0 bridgehead atoms. The fraction of sp³-hybridized carbons (Fsp3) is 0.647. The Morgan fingerprint density at radius 3 is 2.73 bits per heavy atom. The molecular weight excluding hydrogens is 280 g/mol. The number of rotatable bonds is 6. The third kappa shape index (κ3) is 3.91. The Hall–Kier alpha value is -1.30. The largest absolute Gasteiger partial charge is 0.493 e. The standard InChI is InChI=1S/C17H28N2O3/c1-12(2)22-17-9-14(5-6-16(17)21-4)15(11-20)19-8-7-18-10-13(19)3/h5-6,9,12-13,15,18,20H,7-8,10-11H2,1-4H3. The van der Waals surface area contributed by atoms with Gasteiger partial charge in [0.15, 0.2) is 11.5 Å². The highest BCUT2D eigenvalue weighted by atomic mass is 16.5. The van der Waals surface area contributed by atoms with Crippen molar-refractivity contribution in [2.75, 3.05) is 33.4 Å². The SMILES string of the molecule is COc1ccc(C(CO)N2CCNCC2C)cc1OC(C)C. The van der Waals surface area contributed by atoms with Crippen LogP contribution in [0.4, 0.5) is 0 Å². The minimum atomic E-state index is -0.0162. The van der Waals surface area contributed by atoms with E-state index in [1.54, 1.807) is 7.11 Å². The number of aliphatic hydroxyl groups excluding tert-OH is 1. The predicted octanol–water partition coefficient (Wildman–Crippen LogP) is 1.81. The molecule has 2 unspecified atom stereocenters. The zero-order chi connectivity index (χ0) is 16.1. The average Bonchev–Trinajstić information content (AvgIpc) is 2.49. The van der Waals surface area contributed by atoms with Crippen LogP contribution in [0.25, 0.3) is 0 Å². The number of aliphatic hydroxyl groups is 1. The molecule has 0 aromatic heterocycles. The summed E-state index contributed by atoms with van der Waals surface area (Å²) in [5, 5.41) is 13.3. The summed E-state index contributed by atoms with van der Waals surface area (Å²) in [6.45, 7) is 9.09. The molecule has 0 spiro atoms.